The molecule has 58 heavy (non-hydrogen) atoms. The molecule has 0 unspecified atom stereocenters. The average molecular weight is 799 g/mol. The Balaban J connectivity index is 1.12. The molecule has 3 heterocycles. The molecule has 6 aromatic rings. The summed E-state index contributed by atoms with van der Waals surface area (Å²) in [5.74, 6) is -1.02. The van der Waals surface area contributed by atoms with Crippen LogP contribution in [0.4, 0.5) is 23.2 Å². The molecule has 4 aromatic carbocycles. The summed E-state index contributed by atoms with van der Waals surface area (Å²) in [5, 5.41) is 6.81. The Labute approximate surface area is 329 Å². The van der Waals surface area contributed by atoms with Crippen molar-refractivity contribution in [2.75, 3.05) is 38.7 Å². The lowest BCUT2D eigenvalue weighted by atomic mass is 10.1. The van der Waals surface area contributed by atoms with Gasteiger partial charge in [0.15, 0.2) is 23.1 Å². The highest BCUT2D eigenvalue weighted by Crippen LogP contribution is 2.38. The second-order valence-corrected chi connectivity index (χ2v) is 13.6. The van der Waals surface area contributed by atoms with Gasteiger partial charge in [0.1, 0.15) is 5.75 Å². The molecule has 0 bridgehead atoms. The van der Waals surface area contributed by atoms with Gasteiger partial charge < -0.3 is 24.4 Å². The number of carbonyl (C=O) groups excluding carboxylic acids is 1. The van der Waals surface area contributed by atoms with Crippen LogP contribution >= 0.6 is 0 Å². The Hall–Kier alpha value is -6.55. The van der Waals surface area contributed by atoms with Gasteiger partial charge in [-0.25, -0.2) is 9.18 Å². The third-order valence-electron chi connectivity index (χ3n) is 9.60. The van der Waals surface area contributed by atoms with Gasteiger partial charge in [0, 0.05) is 35.9 Å². The Morgan fingerprint density at radius 3 is 2.40 bits per heavy atom. The first-order chi connectivity index (χ1) is 28.0. The number of likely N-dealkylation sites (tertiary alicyclic amines) is 1. The predicted molar refractivity (Wildman–Crippen MR) is 208 cm³/mol. The zero-order valence-corrected chi connectivity index (χ0v) is 31.3. The topological polar surface area (TPSA) is 130 Å². The number of rotatable bonds is 13. The number of anilines is 1. The molecule has 1 N–H and O–H groups in total. The van der Waals surface area contributed by atoms with Crippen molar-refractivity contribution in [1.29, 1.82) is 0 Å². The van der Waals surface area contributed by atoms with Crippen molar-refractivity contribution < 1.29 is 36.6 Å². The summed E-state index contributed by atoms with van der Waals surface area (Å²) in [6, 6.07) is 20.6. The maximum Gasteiger partial charge on any atom is 0.416 e. The predicted octanol–water partition coefficient (Wildman–Crippen LogP) is 7.46. The lowest BCUT2D eigenvalue weighted by Crippen LogP contribution is -2.45. The summed E-state index contributed by atoms with van der Waals surface area (Å²) < 4.78 is 75.2. The fourth-order valence-electron chi connectivity index (χ4n) is 6.66. The van der Waals surface area contributed by atoms with E-state index in [4.69, 9.17) is 14.2 Å². The van der Waals surface area contributed by atoms with Crippen molar-refractivity contribution in [2.45, 2.75) is 38.4 Å². The van der Waals surface area contributed by atoms with Crippen LogP contribution in [0.25, 0.3) is 16.6 Å². The van der Waals surface area contributed by atoms with Crippen LogP contribution in [0, 0.1) is 5.82 Å². The number of nitrogens with one attached hydrogen (secondary N) is 1. The van der Waals surface area contributed by atoms with Crippen LogP contribution in [0.3, 0.4) is 0 Å². The van der Waals surface area contributed by atoms with Gasteiger partial charge in [-0.1, -0.05) is 42.8 Å². The van der Waals surface area contributed by atoms with E-state index >= 15 is 4.39 Å². The molecule has 1 fully saturated rings. The number of hydrogen-bond acceptors (Lipinski definition) is 9. The number of pyridine rings is 1. The smallest absolute Gasteiger partial charge is 0.416 e. The number of methoxy groups -OCH3 is 1. The summed E-state index contributed by atoms with van der Waals surface area (Å²) in [6.07, 6.45) is 1.31. The number of nitrogens with zero attached hydrogens (tertiary/aromatic N) is 5. The largest absolute Gasteiger partial charge is 0.493 e. The first-order valence-corrected chi connectivity index (χ1v) is 18.5. The SMILES string of the molecule is COc1cc2c(Oc3ccc(NC(=O)c4nn(-c5cccc(C(F)(F)F)c5)c(=O)n(Cc5ccccc5)c4=O)cc3F)ccnc2cc1OCCCN1CCCCC1. The Bertz CT molecular complexity index is 2560. The molecule has 16 heteroatoms. The van der Waals surface area contributed by atoms with Crippen LogP contribution in [0.15, 0.2) is 107 Å². The third kappa shape index (κ3) is 9.02. The van der Waals surface area contributed by atoms with Gasteiger partial charge in [-0.2, -0.15) is 23.0 Å². The highest BCUT2D eigenvalue weighted by molar-refractivity contribution is 6.02. The summed E-state index contributed by atoms with van der Waals surface area (Å²) in [7, 11) is 1.51. The average Bonchev–Trinajstić information content (AvgIpc) is 3.22. The molecule has 1 saturated heterocycles. The number of benzene rings is 4. The van der Waals surface area contributed by atoms with E-state index in [1.807, 2.05) is 0 Å². The van der Waals surface area contributed by atoms with Gasteiger partial charge in [-0.3, -0.25) is 19.1 Å². The van der Waals surface area contributed by atoms with Crippen LogP contribution in [-0.2, 0) is 12.7 Å². The first kappa shape index (κ1) is 39.7. The summed E-state index contributed by atoms with van der Waals surface area (Å²) in [5.41, 5.74) is -3.51. The molecular weight excluding hydrogens is 760 g/mol. The second kappa shape index (κ2) is 17.3. The van der Waals surface area contributed by atoms with Crippen LogP contribution in [0.1, 0.15) is 47.3 Å². The Kier molecular flexibility index (Phi) is 11.8. The van der Waals surface area contributed by atoms with Crippen LogP contribution in [0.5, 0.6) is 23.0 Å². The summed E-state index contributed by atoms with van der Waals surface area (Å²) >= 11 is 0. The standard InChI is InChI=1S/C42H38F4N6O6/c1-56-36-24-31-33(25-37(36)57-21-9-20-50-18-6-3-7-19-50)47-17-16-34(31)58-35-15-14-29(23-32(35)43)48-39(53)38-40(54)51(26-27-10-4-2-5-11-27)41(55)52(49-38)30-13-8-12-28(22-30)42(44,45)46/h2,4-5,8,10-17,22-25H,3,6-7,9,18-21,26H2,1H3,(H,48,53). The molecule has 300 valence electrons. The van der Waals surface area contributed by atoms with Gasteiger partial charge in [-0.15, -0.1) is 0 Å². The number of carbonyl (C=O) groups is 1. The van der Waals surface area contributed by atoms with Gasteiger partial charge in [0.25, 0.3) is 11.5 Å². The number of amides is 1. The van der Waals surface area contributed by atoms with Gasteiger partial charge in [-0.05, 0) is 80.4 Å². The maximum absolute atomic E-state index is 15.6. The minimum atomic E-state index is -4.75. The lowest BCUT2D eigenvalue weighted by Gasteiger charge is -2.26. The van der Waals surface area contributed by atoms with Crippen molar-refractivity contribution in [3.63, 3.8) is 0 Å². The zero-order chi connectivity index (χ0) is 40.8. The molecule has 0 atom stereocenters. The molecule has 12 nitrogen and oxygen atoms in total. The van der Waals surface area contributed by atoms with Crippen LogP contribution in [0.2, 0.25) is 0 Å². The molecule has 1 aliphatic rings. The van der Waals surface area contributed by atoms with Crippen LogP contribution in [-0.4, -0.2) is 63.5 Å². The van der Waals surface area contributed by atoms with E-state index in [-0.39, 0.29) is 29.4 Å². The minimum Gasteiger partial charge on any atom is -0.493 e. The second-order valence-electron chi connectivity index (χ2n) is 13.6. The van der Waals surface area contributed by atoms with Gasteiger partial charge >= 0.3 is 11.9 Å². The van der Waals surface area contributed by atoms with Gasteiger partial charge in [0.2, 0.25) is 5.69 Å². The number of piperidine rings is 1. The lowest BCUT2D eigenvalue weighted by molar-refractivity contribution is -0.137. The van der Waals surface area contributed by atoms with Gasteiger partial charge in [0.05, 0.1) is 37.0 Å². The minimum absolute atomic E-state index is 0.106. The van der Waals surface area contributed by atoms with E-state index in [0.717, 1.165) is 44.3 Å². The molecule has 0 saturated carbocycles. The highest BCUT2D eigenvalue weighted by atomic mass is 19.4. The summed E-state index contributed by atoms with van der Waals surface area (Å²) in [4.78, 5) is 47.6. The van der Waals surface area contributed by atoms with E-state index in [1.54, 1.807) is 48.5 Å². The quantitative estimate of drug-likeness (QED) is 0.0936. The number of hydrogen-bond donors (Lipinski definition) is 1. The van der Waals surface area contributed by atoms with Crippen molar-refractivity contribution in [3.8, 4) is 28.7 Å². The fraction of sp³-hybridized carbons (Fsp3) is 0.262. The monoisotopic (exact) mass is 798 g/mol. The van der Waals surface area contributed by atoms with E-state index in [9.17, 15) is 27.6 Å². The van der Waals surface area contributed by atoms with Crippen molar-refractivity contribution in [3.05, 3.63) is 141 Å². The molecule has 0 aliphatic carbocycles. The van der Waals surface area contributed by atoms with E-state index < -0.39 is 40.4 Å². The molecule has 0 spiro atoms. The number of halogens is 4. The van der Waals surface area contributed by atoms with E-state index in [2.05, 4.69) is 20.3 Å². The Morgan fingerprint density at radius 1 is 0.862 bits per heavy atom. The molecule has 7 rings (SSSR count). The maximum atomic E-state index is 15.6. The number of aromatic nitrogens is 4. The Morgan fingerprint density at radius 2 is 1.66 bits per heavy atom. The molecule has 2 aromatic heterocycles. The van der Waals surface area contributed by atoms with Crippen LogP contribution < -0.4 is 30.8 Å². The van der Waals surface area contributed by atoms with E-state index in [0.29, 0.717) is 49.9 Å². The summed E-state index contributed by atoms with van der Waals surface area (Å²) in [6.45, 7) is 3.33. The first-order valence-electron chi connectivity index (χ1n) is 18.5. The normalized spacial score (nSPS) is 13.3. The fourth-order valence-corrected chi connectivity index (χ4v) is 6.66. The van der Waals surface area contributed by atoms with E-state index in [1.165, 1.54) is 50.8 Å². The van der Waals surface area contributed by atoms with Crippen molar-refractivity contribution >= 4 is 22.5 Å². The third-order valence-corrected chi connectivity index (χ3v) is 9.60. The number of alkyl halides is 3. The number of ether oxygens (including phenoxy) is 3. The van der Waals surface area contributed by atoms with Crippen molar-refractivity contribution in [1.82, 2.24) is 24.2 Å². The zero-order valence-electron chi connectivity index (χ0n) is 31.3. The molecule has 1 aliphatic heterocycles. The highest BCUT2D eigenvalue weighted by Gasteiger charge is 2.31. The molecular formula is C42H38F4N6O6. The van der Waals surface area contributed by atoms with Crippen molar-refractivity contribution in [2.24, 2.45) is 0 Å². The number of fused-ring (bicyclic) bond motifs is 1. The molecule has 1 amide bonds. The molecule has 0 radical (unpaired) electrons.